The Kier molecular flexibility index (Phi) is 5.53. The molecule has 3 aromatic rings. The molecule has 1 heterocycles. The first kappa shape index (κ1) is 17.9. The van der Waals surface area contributed by atoms with Crippen LogP contribution in [0.25, 0.3) is 0 Å². The van der Waals surface area contributed by atoms with Crippen LogP contribution < -0.4 is 10.1 Å². The number of carbonyl (C=O) groups is 1. The van der Waals surface area contributed by atoms with E-state index in [1.54, 1.807) is 16.9 Å². The average Bonchev–Trinajstić information content (AvgIpc) is 3.03. The molecule has 0 fully saturated rings. The summed E-state index contributed by atoms with van der Waals surface area (Å²) in [5.41, 5.74) is 2.25. The van der Waals surface area contributed by atoms with Gasteiger partial charge in [-0.05, 0) is 30.7 Å². The highest BCUT2D eigenvalue weighted by atomic mass is 35.5. The molecule has 5 nitrogen and oxygen atoms in total. The van der Waals surface area contributed by atoms with Crippen molar-refractivity contribution in [3.8, 4) is 5.75 Å². The Bertz CT molecular complexity index is 909. The van der Waals surface area contributed by atoms with Crippen LogP contribution in [0, 0.1) is 12.7 Å². The van der Waals surface area contributed by atoms with E-state index in [1.165, 1.54) is 17.7 Å². The number of carbonyl (C=O) groups excluding carboxylic acids is 1. The van der Waals surface area contributed by atoms with Gasteiger partial charge >= 0.3 is 0 Å². The molecule has 0 saturated carbocycles. The summed E-state index contributed by atoms with van der Waals surface area (Å²) in [6.07, 6.45) is 1.61. The average molecular weight is 374 g/mol. The molecule has 0 aliphatic rings. The molecule has 0 spiro atoms. The zero-order chi connectivity index (χ0) is 18.5. The van der Waals surface area contributed by atoms with E-state index >= 15 is 0 Å². The van der Waals surface area contributed by atoms with Crippen LogP contribution in [0.3, 0.4) is 0 Å². The van der Waals surface area contributed by atoms with Crippen LogP contribution in [0.2, 0.25) is 5.02 Å². The minimum atomic E-state index is -0.466. The van der Waals surface area contributed by atoms with E-state index in [9.17, 15) is 9.18 Å². The van der Waals surface area contributed by atoms with Crippen molar-refractivity contribution in [1.82, 2.24) is 9.78 Å². The summed E-state index contributed by atoms with van der Waals surface area (Å²) in [7, 11) is 0. The Morgan fingerprint density at radius 2 is 2.00 bits per heavy atom. The van der Waals surface area contributed by atoms with Gasteiger partial charge in [-0.25, -0.2) is 9.07 Å². The van der Waals surface area contributed by atoms with Gasteiger partial charge in [0.2, 0.25) is 0 Å². The van der Waals surface area contributed by atoms with Crippen molar-refractivity contribution in [3.63, 3.8) is 0 Å². The lowest BCUT2D eigenvalue weighted by atomic mass is 10.1. The number of nitrogens with one attached hydrogen (secondary N) is 1. The number of rotatable bonds is 6. The molecule has 26 heavy (non-hydrogen) atoms. The molecule has 0 aliphatic carbocycles. The SMILES string of the molecule is Cc1ccc(Cn2nccc2NC(=O)COc2ccc(F)cc2Cl)cc1. The summed E-state index contributed by atoms with van der Waals surface area (Å²) in [5, 5.41) is 7.08. The van der Waals surface area contributed by atoms with Gasteiger partial charge in [0.25, 0.3) is 5.91 Å². The Morgan fingerprint density at radius 3 is 2.73 bits per heavy atom. The van der Waals surface area contributed by atoms with E-state index in [1.807, 2.05) is 31.2 Å². The molecule has 0 saturated heterocycles. The first-order valence-electron chi connectivity index (χ1n) is 7.96. The van der Waals surface area contributed by atoms with Gasteiger partial charge in [-0.2, -0.15) is 5.10 Å². The van der Waals surface area contributed by atoms with Crippen LogP contribution in [-0.4, -0.2) is 22.3 Å². The number of hydrogen-bond donors (Lipinski definition) is 1. The fourth-order valence-corrected chi connectivity index (χ4v) is 2.57. The Labute approximate surface area is 155 Å². The maximum Gasteiger partial charge on any atom is 0.263 e. The maximum absolute atomic E-state index is 13.0. The molecule has 0 unspecified atom stereocenters. The van der Waals surface area contributed by atoms with Crippen molar-refractivity contribution < 1.29 is 13.9 Å². The highest BCUT2D eigenvalue weighted by Crippen LogP contribution is 2.24. The normalized spacial score (nSPS) is 10.6. The molecule has 7 heteroatoms. The number of ether oxygens (including phenoxy) is 1. The number of anilines is 1. The fourth-order valence-electron chi connectivity index (χ4n) is 2.35. The molecule has 0 aliphatic heterocycles. The van der Waals surface area contributed by atoms with Gasteiger partial charge in [-0.15, -0.1) is 0 Å². The van der Waals surface area contributed by atoms with Crippen molar-refractivity contribution in [2.24, 2.45) is 0 Å². The molecule has 0 bridgehead atoms. The number of halogens is 2. The largest absolute Gasteiger partial charge is 0.482 e. The highest BCUT2D eigenvalue weighted by Gasteiger charge is 2.10. The predicted octanol–water partition coefficient (Wildman–Crippen LogP) is 4.05. The first-order valence-corrected chi connectivity index (χ1v) is 8.34. The van der Waals surface area contributed by atoms with Gasteiger partial charge in [-0.3, -0.25) is 4.79 Å². The van der Waals surface area contributed by atoms with Crippen molar-refractivity contribution in [2.75, 3.05) is 11.9 Å². The smallest absolute Gasteiger partial charge is 0.263 e. The minimum absolute atomic E-state index is 0.113. The zero-order valence-electron chi connectivity index (χ0n) is 14.1. The van der Waals surface area contributed by atoms with Gasteiger partial charge in [0.1, 0.15) is 17.4 Å². The van der Waals surface area contributed by atoms with Crippen molar-refractivity contribution in [1.29, 1.82) is 0 Å². The van der Waals surface area contributed by atoms with Gasteiger partial charge in [0.15, 0.2) is 6.61 Å². The van der Waals surface area contributed by atoms with Gasteiger partial charge < -0.3 is 10.1 Å². The van der Waals surface area contributed by atoms with Gasteiger partial charge in [-0.1, -0.05) is 41.4 Å². The van der Waals surface area contributed by atoms with Crippen LogP contribution in [-0.2, 0) is 11.3 Å². The lowest BCUT2D eigenvalue weighted by Gasteiger charge is -2.11. The molecule has 0 atom stereocenters. The number of amides is 1. The Hall–Kier alpha value is -2.86. The number of aromatic nitrogens is 2. The van der Waals surface area contributed by atoms with Crippen molar-refractivity contribution in [3.05, 3.63) is 76.7 Å². The molecule has 134 valence electrons. The topological polar surface area (TPSA) is 56.2 Å². The van der Waals surface area contributed by atoms with E-state index in [0.29, 0.717) is 12.4 Å². The van der Waals surface area contributed by atoms with Crippen molar-refractivity contribution in [2.45, 2.75) is 13.5 Å². The van der Waals surface area contributed by atoms with Gasteiger partial charge in [0, 0.05) is 6.07 Å². The third-order valence-electron chi connectivity index (χ3n) is 3.69. The molecular weight excluding hydrogens is 357 g/mol. The van der Waals surface area contributed by atoms with Crippen molar-refractivity contribution >= 4 is 23.3 Å². The lowest BCUT2D eigenvalue weighted by Crippen LogP contribution is -2.22. The minimum Gasteiger partial charge on any atom is -0.482 e. The number of benzene rings is 2. The Balaban J connectivity index is 1.59. The molecule has 3 rings (SSSR count). The predicted molar refractivity (Wildman–Crippen MR) is 98.0 cm³/mol. The highest BCUT2D eigenvalue weighted by molar-refractivity contribution is 6.32. The summed E-state index contributed by atoms with van der Waals surface area (Å²) >= 11 is 5.87. The molecule has 1 N–H and O–H groups in total. The maximum atomic E-state index is 13.0. The number of hydrogen-bond acceptors (Lipinski definition) is 3. The summed E-state index contributed by atoms with van der Waals surface area (Å²) in [6.45, 7) is 2.31. The Morgan fingerprint density at radius 1 is 1.23 bits per heavy atom. The third kappa shape index (κ3) is 4.61. The number of aryl methyl sites for hydroxylation is 1. The molecule has 2 aromatic carbocycles. The van der Waals surface area contributed by atoms with Crippen LogP contribution in [0.4, 0.5) is 10.2 Å². The number of nitrogens with zero attached hydrogens (tertiary/aromatic N) is 2. The first-order chi connectivity index (χ1) is 12.5. The standard InChI is InChI=1S/C19H17ClFN3O2/c1-13-2-4-14(5-3-13)11-24-18(8-9-22-24)23-19(25)12-26-17-7-6-15(21)10-16(17)20/h2-10H,11-12H2,1H3,(H,23,25). The summed E-state index contributed by atoms with van der Waals surface area (Å²) in [4.78, 5) is 12.1. The van der Waals surface area contributed by atoms with Crippen LogP contribution >= 0.6 is 11.6 Å². The molecular formula is C19H17ClFN3O2. The second-order valence-corrected chi connectivity index (χ2v) is 6.18. The zero-order valence-corrected chi connectivity index (χ0v) is 14.8. The quantitative estimate of drug-likeness (QED) is 0.709. The van der Waals surface area contributed by atoms with Gasteiger partial charge in [0.05, 0.1) is 17.8 Å². The molecule has 0 radical (unpaired) electrons. The fraction of sp³-hybridized carbons (Fsp3) is 0.158. The summed E-state index contributed by atoms with van der Waals surface area (Å²) in [6, 6.07) is 13.5. The summed E-state index contributed by atoms with van der Waals surface area (Å²) in [5.74, 6) is -0.0244. The lowest BCUT2D eigenvalue weighted by molar-refractivity contribution is -0.118. The molecule has 1 amide bonds. The van der Waals surface area contributed by atoms with E-state index in [-0.39, 0.29) is 23.3 Å². The van der Waals surface area contributed by atoms with E-state index in [0.717, 1.165) is 11.6 Å². The third-order valence-corrected chi connectivity index (χ3v) is 3.99. The monoisotopic (exact) mass is 373 g/mol. The van der Waals surface area contributed by atoms with Crippen LogP contribution in [0.15, 0.2) is 54.7 Å². The second kappa shape index (κ2) is 8.01. The summed E-state index contributed by atoms with van der Waals surface area (Å²) < 4.78 is 20.0. The van der Waals surface area contributed by atoms with E-state index in [2.05, 4.69) is 10.4 Å². The van der Waals surface area contributed by atoms with E-state index in [4.69, 9.17) is 16.3 Å². The molecule has 1 aromatic heterocycles. The second-order valence-electron chi connectivity index (χ2n) is 5.77. The van der Waals surface area contributed by atoms with Crippen LogP contribution in [0.1, 0.15) is 11.1 Å². The van der Waals surface area contributed by atoms with E-state index < -0.39 is 5.82 Å². The van der Waals surface area contributed by atoms with Crippen LogP contribution in [0.5, 0.6) is 5.75 Å².